The van der Waals surface area contributed by atoms with Gasteiger partial charge in [-0.2, -0.15) is 0 Å². The molecule has 0 atom stereocenters. The Morgan fingerprint density at radius 1 is 0.706 bits per heavy atom. The first-order chi connectivity index (χ1) is 8.35. The second kappa shape index (κ2) is 5.66. The van der Waals surface area contributed by atoms with Crippen LogP contribution < -0.4 is 5.46 Å². The van der Waals surface area contributed by atoms with Gasteiger partial charge < -0.3 is 9.31 Å². The predicted octanol–water partition coefficient (Wildman–Crippen LogP) is 2.34. The quantitative estimate of drug-likeness (QED) is 0.745. The normalized spacial score (nSPS) is 10.2. The highest BCUT2D eigenvalue weighted by molar-refractivity contribution is 6.61. The second-order valence-corrected chi connectivity index (χ2v) is 3.79. The molecule has 0 saturated heterocycles. The van der Waals surface area contributed by atoms with Crippen molar-refractivity contribution >= 4 is 12.6 Å². The molecule has 17 heavy (non-hydrogen) atoms. The zero-order valence-electron chi connectivity index (χ0n) is 10.1. The summed E-state index contributed by atoms with van der Waals surface area (Å²) in [5.74, 6) is 0. The van der Waals surface area contributed by atoms with Crippen molar-refractivity contribution in [3.8, 4) is 11.1 Å². The third-order valence-corrected chi connectivity index (χ3v) is 2.72. The Balaban J connectivity index is 2.24. The molecule has 0 aliphatic rings. The largest absolute Gasteiger partial charge is 0.493 e. The molecule has 2 nitrogen and oxygen atoms in total. The van der Waals surface area contributed by atoms with Gasteiger partial charge in [-0.15, -0.1) is 0 Å². The van der Waals surface area contributed by atoms with Gasteiger partial charge in [-0.3, -0.25) is 0 Å². The van der Waals surface area contributed by atoms with Gasteiger partial charge in [-0.25, -0.2) is 0 Å². The van der Waals surface area contributed by atoms with Crippen molar-refractivity contribution in [2.75, 3.05) is 14.2 Å². The highest BCUT2D eigenvalue weighted by Crippen LogP contribution is 2.17. The van der Waals surface area contributed by atoms with E-state index < -0.39 is 0 Å². The summed E-state index contributed by atoms with van der Waals surface area (Å²) in [6.45, 7) is 0. The van der Waals surface area contributed by atoms with Crippen molar-refractivity contribution < 1.29 is 9.31 Å². The molecule has 0 aliphatic carbocycles. The summed E-state index contributed by atoms with van der Waals surface area (Å²) in [6.07, 6.45) is 0. The van der Waals surface area contributed by atoms with E-state index in [0.29, 0.717) is 0 Å². The van der Waals surface area contributed by atoms with E-state index in [0.717, 1.165) is 5.46 Å². The van der Waals surface area contributed by atoms with Crippen molar-refractivity contribution in [1.82, 2.24) is 0 Å². The molecule has 0 spiro atoms. The lowest BCUT2D eigenvalue weighted by Crippen LogP contribution is -2.34. The minimum absolute atomic E-state index is 0.292. The Morgan fingerprint density at radius 3 is 1.76 bits per heavy atom. The number of hydrogen-bond acceptors (Lipinski definition) is 2. The summed E-state index contributed by atoms with van der Waals surface area (Å²) in [7, 11) is 2.98. The van der Waals surface area contributed by atoms with Crippen LogP contribution in [0, 0.1) is 0 Å². The van der Waals surface area contributed by atoms with Crippen molar-refractivity contribution in [2.24, 2.45) is 0 Å². The Bertz CT molecular complexity index is 449. The van der Waals surface area contributed by atoms with E-state index in [9.17, 15) is 0 Å². The monoisotopic (exact) mass is 226 g/mol. The predicted molar refractivity (Wildman–Crippen MR) is 71.3 cm³/mol. The van der Waals surface area contributed by atoms with Crippen molar-refractivity contribution in [2.45, 2.75) is 0 Å². The molecule has 86 valence electrons. The van der Waals surface area contributed by atoms with Gasteiger partial charge in [0.05, 0.1) is 0 Å². The van der Waals surface area contributed by atoms with E-state index in [2.05, 4.69) is 24.3 Å². The molecule has 2 rings (SSSR count). The van der Waals surface area contributed by atoms with Crippen molar-refractivity contribution in [1.29, 1.82) is 0 Å². The molecule has 0 aromatic heterocycles. The number of hydrogen-bond donors (Lipinski definition) is 0. The van der Waals surface area contributed by atoms with Gasteiger partial charge in [0, 0.05) is 14.2 Å². The van der Waals surface area contributed by atoms with Crippen LogP contribution in [0.25, 0.3) is 11.1 Å². The zero-order chi connectivity index (χ0) is 12.1. The van der Waals surface area contributed by atoms with Crippen molar-refractivity contribution in [3.63, 3.8) is 0 Å². The standard InChI is InChI=1S/C14H15BO2/c1-16-15(17-2)14-10-8-13(9-11-14)12-6-4-3-5-7-12/h3-11H,1-2H3. The Morgan fingerprint density at radius 2 is 1.24 bits per heavy atom. The maximum absolute atomic E-state index is 5.21. The summed E-state index contributed by atoms with van der Waals surface area (Å²) in [5, 5.41) is 0. The van der Waals surface area contributed by atoms with Crippen LogP contribution in [0.1, 0.15) is 0 Å². The number of rotatable bonds is 4. The van der Waals surface area contributed by atoms with Crippen LogP contribution in [0.15, 0.2) is 54.6 Å². The zero-order valence-corrected chi connectivity index (χ0v) is 10.1. The molecular weight excluding hydrogens is 211 g/mol. The van der Waals surface area contributed by atoms with Crippen LogP contribution in [-0.4, -0.2) is 21.3 Å². The first-order valence-electron chi connectivity index (χ1n) is 5.56. The molecule has 0 N–H and O–H groups in total. The minimum atomic E-state index is -0.292. The van der Waals surface area contributed by atoms with Crippen LogP contribution in [0.3, 0.4) is 0 Å². The summed E-state index contributed by atoms with van der Waals surface area (Å²) in [6, 6.07) is 18.5. The summed E-state index contributed by atoms with van der Waals surface area (Å²) < 4.78 is 10.4. The topological polar surface area (TPSA) is 18.5 Å². The third-order valence-electron chi connectivity index (χ3n) is 2.72. The van der Waals surface area contributed by atoms with Gasteiger partial charge in [0.15, 0.2) is 0 Å². The molecule has 0 unspecified atom stereocenters. The second-order valence-electron chi connectivity index (χ2n) is 3.79. The van der Waals surface area contributed by atoms with E-state index in [1.807, 2.05) is 30.3 Å². The molecular formula is C14H15BO2. The highest BCUT2D eigenvalue weighted by Gasteiger charge is 2.17. The fourth-order valence-corrected chi connectivity index (χ4v) is 1.83. The molecule has 2 aromatic carbocycles. The van der Waals surface area contributed by atoms with Crippen LogP contribution in [-0.2, 0) is 9.31 Å². The first-order valence-corrected chi connectivity index (χ1v) is 5.56. The Kier molecular flexibility index (Phi) is 3.96. The SMILES string of the molecule is COB(OC)c1ccc(-c2ccccc2)cc1. The first kappa shape index (κ1) is 11.9. The van der Waals surface area contributed by atoms with Crippen LogP contribution >= 0.6 is 0 Å². The van der Waals surface area contributed by atoms with E-state index in [-0.39, 0.29) is 7.12 Å². The van der Waals surface area contributed by atoms with E-state index in [4.69, 9.17) is 9.31 Å². The Hall–Kier alpha value is -1.58. The van der Waals surface area contributed by atoms with Gasteiger partial charge in [0.25, 0.3) is 0 Å². The minimum Gasteiger partial charge on any atom is -0.410 e. The van der Waals surface area contributed by atoms with Gasteiger partial charge in [-0.1, -0.05) is 54.6 Å². The van der Waals surface area contributed by atoms with E-state index in [1.54, 1.807) is 14.2 Å². The maximum atomic E-state index is 5.21. The number of benzene rings is 2. The summed E-state index contributed by atoms with van der Waals surface area (Å²) >= 11 is 0. The lowest BCUT2D eigenvalue weighted by molar-refractivity contribution is 0.292. The molecule has 2 aromatic rings. The molecule has 0 saturated carbocycles. The molecule has 3 heteroatoms. The van der Waals surface area contributed by atoms with Crippen LogP contribution in [0.5, 0.6) is 0 Å². The molecule has 0 radical (unpaired) electrons. The van der Waals surface area contributed by atoms with Gasteiger partial charge in [0.1, 0.15) is 0 Å². The Labute approximate surface area is 102 Å². The molecule has 0 aliphatic heterocycles. The van der Waals surface area contributed by atoms with Crippen LogP contribution in [0.2, 0.25) is 0 Å². The van der Waals surface area contributed by atoms with Crippen LogP contribution in [0.4, 0.5) is 0 Å². The van der Waals surface area contributed by atoms with E-state index in [1.165, 1.54) is 11.1 Å². The highest BCUT2D eigenvalue weighted by atomic mass is 16.6. The average Bonchev–Trinajstić information content (AvgIpc) is 2.42. The molecule has 0 amide bonds. The lowest BCUT2D eigenvalue weighted by atomic mass is 9.78. The van der Waals surface area contributed by atoms with Gasteiger partial charge in [-0.05, 0) is 16.6 Å². The average molecular weight is 226 g/mol. The van der Waals surface area contributed by atoms with Gasteiger partial charge >= 0.3 is 7.12 Å². The lowest BCUT2D eigenvalue weighted by Gasteiger charge is -2.09. The van der Waals surface area contributed by atoms with Gasteiger partial charge in [0.2, 0.25) is 0 Å². The maximum Gasteiger partial charge on any atom is 0.493 e. The van der Waals surface area contributed by atoms with E-state index >= 15 is 0 Å². The third kappa shape index (κ3) is 2.76. The molecule has 0 bridgehead atoms. The molecule has 0 fully saturated rings. The summed E-state index contributed by atoms with van der Waals surface area (Å²) in [4.78, 5) is 0. The summed E-state index contributed by atoms with van der Waals surface area (Å²) in [5.41, 5.74) is 3.43. The fraction of sp³-hybridized carbons (Fsp3) is 0.143. The smallest absolute Gasteiger partial charge is 0.410 e. The fourth-order valence-electron chi connectivity index (χ4n) is 1.83. The molecule has 0 heterocycles. The van der Waals surface area contributed by atoms with Crippen molar-refractivity contribution in [3.05, 3.63) is 54.6 Å².